The van der Waals surface area contributed by atoms with E-state index in [4.69, 9.17) is 16.2 Å². The van der Waals surface area contributed by atoms with Crippen LogP contribution in [0.5, 0.6) is 0 Å². The van der Waals surface area contributed by atoms with Crippen LogP contribution in [-0.4, -0.2) is 46.5 Å². The molecule has 7 nitrogen and oxygen atoms in total. The smallest absolute Gasteiger partial charge is 0.323 e. The molecular weight excluding hydrogens is 392 g/mol. The third kappa shape index (κ3) is 3.29. The lowest BCUT2D eigenvalue weighted by atomic mass is 9.46. The highest BCUT2D eigenvalue weighted by Gasteiger charge is 2.64. The minimum Gasteiger partial charge on any atom is -0.458 e. The lowest BCUT2D eigenvalue weighted by molar-refractivity contribution is -0.207. The fraction of sp³-hybridized carbons (Fsp3) is 0.875. The van der Waals surface area contributed by atoms with Crippen molar-refractivity contribution in [1.29, 1.82) is 5.26 Å². The maximum Gasteiger partial charge on any atom is 0.323 e. The first kappa shape index (κ1) is 21.2. The molecule has 10 atom stereocenters. The lowest BCUT2D eigenvalue weighted by Gasteiger charge is -2.62. The SMILES string of the molecule is CCC(C)C(N)C(=O)OC12CC3C[C@H](C1)CC([C@H](N)C(=O)N1C4CC4C[C@H]1C#N)(C3)C2. The van der Waals surface area contributed by atoms with Gasteiger partial charge in [-0.3, -0.25) is 9.59 Å². The Bertz CT molecular complexity index is 808. The Morgan fingerprint density at radius 2 is 1.84 bits per heavy atom. The van der Waals surface area contributed by atoms with Crippen LogP contribution in [0, 0.1) is 40.4 Å². The van der Waals surface area contributed by atoms with Crippen LogP contribution in [0.4, 0.5) is 0 Å². The first-order valence-electron chi connectivity index (χ1n) is 12.2. The summed E-state index contributed by atoms with van der Waals surface area (Å²) in [4.78, 5) is 28.2. The number of hydrogen-bond acceptors (Lipinski definition) is 6. The zero-order chi connectivity index (χ0) is 22.1. The second kappa shape index (κ2) is 7.18. The average Bonchev–Trinajstić information content (AvgIpc) is 3.39. The molecule has 6 fully saturated rings. The summed E-state index contributed by atoms with van der Waals surface area (Å²) in [6.07, 6.45) is 7.97. The van der Waals surface area contributed by atoms with Crippen LogP contribution >= 0.6 is 0 Å². The van der Waals surface area contributed by atoms with Crippen LogP contribution in [0.3, 0.4) is 0 Å². The van der Waals surface area contributed by atoms with E-state index in [1.165, 1.54) is 0 Å². The van der Waals surface area contributed by atoms with E-state index < -0.39 is 17.7 Å². The number of nitriles is 1. The van der Waals surface area contributed by atoms with E-state index in [0.29, 0.717) is 24.2 Å². The van der Waals surface area contributed by atoms with Gasteiger partial charge < -0.3 is 21.1 Å². The summed E-state index contributed by atoms with van der Waals surface area (Å²) >= 11 is 0. The van der Waals surface area contributed by atoms with Gasteiger partial charge in [0.2, 0.25) is 5.91 Å². The Morgan fingerprint density at radius 1 is 1.16 bits per heavy atom. The number of fused-ring (bicyclic) bond motifs is 1. The fourth-order valence-electron chi connectivity index (χ4n) is 7.81. The summed E-state index contributed by atoms with van der Waals surface area (Å²) in [5, 5.41) is 9.54. The van der Waals surface area contributed by atoms with Crippen molar-refractivity contribution >= 4 is 11.9 Å². The number of nitrogens with two attached hydrogens (primary N) is 2. The van der Waals surface area contributed by atoms with Crippen molar-refractivity contribution in [3.63, 3.8) is 0 Å². The molecule has 0 radical (unpaired) electrons. The summed E-state index contributed by atoms with van der Waals surface area (Å²) < 4.78 is 6.19. The lowest BCUT2D eigenvalue weighted by Crippen LogP contribution is -2.66. The number of rotatable bonds is 6. The molecule has 170 valence electrons. The van der Waals surface area contributed by atoms with Gasteiger partial charge in [-0.15, -0.1) is 0 Å². The van der Waals surface area contributed by atoms with Gasteiger partial charge in [-0.05, 0) is 80.5 Å². The van der Waals surface area contributed by atoms with Crippen molar-refractivity contribution in [1.82, 2.24) is 4.90 Å². The molecule has 1 aliphatic heterocycles. The zero-order valence-corrected chi connectivity index (χ0v) is 18.8. The second-order valence-corrected chi connectivity index (χ2v) is 11.5. The number of piperidine rings is 1. The largest absolute Gasteiger partial charge is 0.458 e. The highest BCUT2D eigenvalue weighted by atomic mass is 16.6. The quantitative estimate of drug-likeness (QED) is 0.625. The summed E-state index contributed by atoms with van der Waals surface area (Å²) in [5.74, 6) is 1.06. The Morgan fingerprint density at radius 3 is 2.45 bits per heavy atom. The van der Waals surface area contributed by atoms with Crippen LogP contribution in [-0.2, 0) is 14.3 Å². The van der Waals surface area contributed by atoms with Crippen LogP contribution in [0.15, 0.2) is 0 Å². The standard InChI is InChI=1S/C24H36N4O3/c1-3-13(2)19(26)22(30)31-24-9-14-4-15(10-24)8-23(7-14,12-24)20(27)21(29)28-17(11-25)5-16-6-18(16)28/h13-20H,3-10,12,26-27H2,1-2H3/t13?,14-,15?,16?,17-,18?,19?,20+,23?,24?/m0/s1. The number of ether oxygens (including phenoxy) is 1. The van der Waals surface area contributed by atoms with Gasteiger partial charge in [0.15, 0.2) is 0 Å². The molecule has 1 amide bonds. The Hall–Kier alpha value is -1.65. The molecule has 31 heavy (non-hydrogen) atoms. The first-order chi connectivity index (χ1) is 14.7. The Labute approximate surface area is 184 Å². The minimum atomic E-state index is -0.630. The van der Waals surface area contributed by atoms with Crippen molar-refractivity contribution in [3.8, 4) is 6.07 Å². The third-order valence-electron chi connectivity index (χ3n) is 9.33. The number of nitrogens with zero attached hydrogens (tertiary/aromatic N) is 2. The molecule has 1 heterocycles. The summed E-state index contributed by atoms with van der Waals surface area (Å²) in [6, 6.07) is 0.939. The first-order valence-corrected chi connectivity index (χ1v) is 12.2. The molecule has 0 spiro atoms. The predicted molar refractivity (Wildman–Crippen MR) is 114 cm³/mol. The molecule has 4 N–H and O–H groups in total. The molecule has 1 saturated heterocycles. The minimum absolute atomic E-state index is 0.0590. The van der Waals surface area contributed by atoms with Gasteiger partial charge >= 0.3 is 5.97 Å². The number of hydrogen-bond donors (Lipinski definition) is 2. The van der Waals surface area contributed by atoms with Gasteiger partial charge in [0, 0.05) is 6.04 Å². The molecule has 0 aromatic rings. The van der Waals surface area contributed by atoms with Crippen molar-refractivity contribution in [2.75, 3.05) is 0 Å². The van der Waals surface area contributed by atoms with Gasteiger partial charge in [-0.1, -0.05) is 20.3 Å². The Balaban J connectivity index is 1.37. The summed E-state index contributed by atoms with van der Waals surface area (Å²) in [6.45, 7) is 4.01. The van der Waals surface area contributed by atoms with Crippen molar-refractivity contribution in [2.24, 2.45) is 40.6 Å². The van der Waals surface area contributed by atoms with E-state index in [-0.39, 0.29) is 35.3 Å². The average molecular weight is 429 g/mol. The normalized spacial score (nSPS) is 44.9. The van der Waals surface area contributed by atoms with Crippen molar-refractivity contribution in [2.45, 2.75) is 101 Å². The molecule has 6 rings (SSSR count). The maximum absolute atomic E-state index is 13.6. The van der Waals surface area contributed by atoms with E-state index >= 15 is 0 Å². The van der Waals surface area contributed by atoms with Crippen molar-refractivity contribution in [3.05, 3.63) is 0 Å². The number of amides is 1. The van der Waals surface area contributed by atoms with E-state index in [2.05, 4.69) is 6.07 Å². The van der Waals surface area contributed by atoms with Gasteiger partial charge in [0.25, 0.3) is 0 Å². The zero-order valence-electron chi connectivity index (χ0n) is 18.8. The summed E-state index contributed by atoms with van der Waals surface area (Å²) in [7, 11) is 0. The van der Waals surface area contributed by atoms with Crippen LogP contribution in [0.1, 0.15) is 71.6 Å². The molecule has 5 aliphatic carbocycles. The van der Waals surface area contributed by atoms with Gasteiger partial charge in [0.1, 0.15) is 17.7 Å². The molecule has 0 aromatic heterocycles. The fourth-order valence-corrected chi connectivity index (χ4v) is 7.81. The van der Waals surface area contributed by atoms with Crippen LogP contribution in [0.2, 0.25) is 0 Å². The predicted octanol–water partition coefficient (Wildman–Crippen LogP) is 2.08. The molecular formula is C24H36N4O3. The van der Waals surface area contributed by atoms with Crippen molar-refractivity contribution < 1.29 is 14.3 Å². The maximum atomic E-state index is 13.6. The topological polar surface area (TPSA) is 122 Å². The van der Waals surface area contributed by atoms with Crippen LogP contribution < -0.4 is 11.5 Å². The molecule has 4 bridgehead atoms. The van der Waals surface area contributed by atoms with Gasteiger partial charge in [-0.2, -0.15) is 5.26 Å². The third-order valence-corrected chi connectivity index (χ3v) is 9.33. The second-order valence-electron chi connectivity index (χ2n) is 11.5. The van der Waals surface area contributed by atoms with Gasteiger partial charge in [-0.25, -0.2) is 0 Å². The number of likely N-dealkylation sites (tertiary alicyclic amines) is 1. The highest BCUT2D eigenvalue weighted by Crippen LogP contribution is 2.64. The molecule has 7 unspecified atom stereocenters. The van der Waals surface area contributed by atoms with Gasteiger partial charge in [0.05, 0.1) is 12.1 Å². The van der Waals surface area contributed by atoms with E-state index in [1.807, 2.05) is 13.8 Å². The molecule has 7 heteroatoms. The molecule has 6 aliphatic rings. The molecule has 0 aromatic carbocycles. The number of esters is 1. The van der Waals surface area contributed by atoms with E-state index in [9.17, 15) is 14.9 Å². The number of carbonyl (C=O) groups excluding carboxylic acids is 2. The Kier molecular flexibility index (Phi) is 4.91. The number of carbonyl (C=O) groups is 2. The summed E-state index contributed by atoms with van der Waals surface area (Å²) in [5.41, 5.74) is 12.1. The monoisotopic (exact) mass is 428 g/mol. The van der Waals surface area contributed by atoms with E-state index in [0.717, 1.165) is 51.4 Å². The van der Waals surface area contributed by atoms with Crippen LogP contribution in [0.25, 0.3) is 0 Å². The van der Waals surface area contributed by atoms with E-state index in [1.54, 1.807) is 4.90 Å². The highest BCUT2D eigenvalue weighted by molar-refractivity contribution is 5.84. The molecule has 5 saturated carbocycles.